The number of hydrogen-bond acceptors (Lipinski definition) is 2. The number of methoxy groups -OCH3 is 1. The summed E-state index contributed by atoms with van der Waals surface area (Å²) in [5.41, 5.74) is 0. The summed E-state index contributed by atoms with van der Waals surface area (Å²) in [4.78, 5) is 0. The minimum Gasteiger partial charge on any atom is -0.383 e. The van der Waals surface area contributed by atoms with Crippen LogP contribution in [0.1, 0.15) is 13.8 Å². The lowest BCUT2D eigenvalue weighted by molar-refractivity contribution is 0.173. The van der Waals surface area contributed by atoms with E-state index in [4.69, 9.17) is 4.74 Å². The third kappa shape index (κ3) is 8.21. The molecule has 0 aromatic heterocycles. The molecule has 0 radical (unpaired) electrons. The Balaban J connectivity index is 0. The van der Waals surface area contributed by atoms with Crippen LogP contribution in [0.2, 0.25) is 0 Å². The molecule has 2 nitrogen and oxygen atoms in total. The maximum absolute atomic E-state index is 4.89. The van der Waals surface area contributed by atoms with Gasteiger partial charge in [0.05, 0.1) is 6.61 Å². The van der Waals surface area contributed by atoms with Crippen LogP contribution in [0.25, 0.3) is 0 Å². The van der Waals surface area contributed by atoms with E-state index in [-0.39, 0.29) is 12.4 Å². The Kier molecular flexibility index (Phi) is 10.9. The third-order valence-corrected chi connectivity index (χ3v) is 0.969. The highest BCUT2D eigenvalue weighted by molar-refractivity contribution is 5.85. The maximum Gasteiger partial charge on any atom is 0.0613 e. The molecule has 1 unspecified atom stereocenters. The summed E-state index contributed by atoms with van der Waals surface area (Å²) in [6, 6.07) is 0.491. The lowest BCUT2D eigenvalue weighted by atomic mass is 10.4. The van der Waals surface area contributed by atoms with Crippen molar-refractivity contribution in [2.75, 3.05) is 20.3 Å². The monoisotopic (exact) mass is 153 g/mol. The molecule has 3 heteroatoms. The minimum atomic E-state index is 0. The van der Waals surface area contributed by atoms with Crippen molar-refractivity contribution in [1.82, 2.24) is 5.32 Å². The van der Waals surface area contributed by atoms with E-state index in [1.54, 1.807) is 7.11 Å². The average molecular weight is 154 g/mol. The van der Waals surface area contributed by atoms with E-state index in [1.165, 1.54) is 0 Å². The SMILES string of the molecule is CCNC(C)COC.Cl. The van der Waals surface area contributed by atoms with E-state index in [0.29, 0.717) is 6.04 Å². The van der Waals surface area contributed by atoms with E-state index in [9.17, 15) is 0 Å². The number of ether oxygens (including phenoxy) is 1. The second kappa shape index (κ2) is 8.21. The fraction of sp³-hybridized carbons (Fsp3) is 1.00. The highest BCUT2D eigenvalue weighted by atomic mass is 35.5. The van der Waals surface area contributed by atoms with Gasteiger partial charge in [0.15, 0.2) is 0 Å². The molecule has 1 atom stereocenters. The molecular weight excluding hydrogens is 138 g/mol. The fourth-order valence-electron chi connectivity index (χ4n) is 0.657. The van der Waals surface area contributed by atoms with Gasteiger partial charge in [-0.25, -0.2) is 0 Å². The van der Waals surface area contributed by atoms with Crippen LogP contribution in [0.5, 0.6) is 0 Å². The molecule has 0 aliphatic heterocycles. The van der Waals surface area contributed by atoms with Crippen LogP contribution in [0.3, 0.4) is 0 Å². The second-order valence-electron chi connectivity index (χ2n) is 1.91. The van der Waals surface area contributed by atoms with Gasteiger partial charge in [-0.3, -0.25) is 0 Å². The van der Waals surface area contributed by atoms with Crippen LogP contribution < -0.4 is 5.32 Å². The first kappa shape index (κ1) is 11.9. The zero-order chi connectivity index (χ0) is 6.41. The molecule has 0 aliphatic carbocycles. The molecule has 9 heavy (non-hydrogen) atoms. The molecule has 58 valence electrons. The highest BCUT2D eigenvalue weighted by Gasteiger charge is 1.94. The number of likely N-dealkylation sites (N-methyl/N-ethyl adjacent to an activating group) is 1. The molecule has 0 saturated heterocycles. The van der Waals surface area contributed by atoms with Crippen molar-refractivity contribution in [2.24, 2.45) is 0 Å². The quantitative estimate of drug-likeness (QED) is 0.652. The summed E-state index contributed by atoms with van der Waals surface area (Å²) in [6.07, 6.45) is 0. The molecule has 0 rings (SSSR count). The van der Waals surface area contributed by atoms with Gasteiger partial charge >= 0.3 is 0 Å². The lowest BCUT2D eigenvalue weighted by Crippen LogP contribution is -2.29. The summed E-state index contributed by atoms with van der Waals surface area (Å²) in [5, 5.41) is 3.22. The van der Waals surface area contributed by atoms with E-state index in [0.717, 1.165) is 13.2 Å². The zero-order valence-corrected chi connectivity index (χ0v) is 7.12. The first-order chi connectivity index (χ1) is 3.81. The van der Waals surface area contributed by atoms with E-state index >= 15 is 0 Å². The predicted octanol–water partition coefficient (Wildman–Crippen LogP) is 1.05. The zero-order valence-electron chi connectivity index (χ0n) is 6.31. The van der Waals surface area contributed by atoms with Crippen LogP contribution in [0.15, 0.2) is 0 Å². The topological polar surface area (TPSA) is 21.3 Å². The number of halogens is 1. The fourth-order valence-corrected chi connectivity index (χ4v) is 0.657. The molecule has 0 heterocycles. The van der Waals surface area contributed by atoms with Gasteiger partial charge in [-0.2, -0.15) is 0 Å². The Bertz CT molecular complexity index is 46.3. The molecule has 1 N–H and O–H groups in total. The third-order valence-electron chi connectivity index (χ3n) is 0.969. The lowest BCUT2D eigenvalue weighted by Gasteiger charge is -2.09. The van der Waals surface area contributed by atoms with Gasteiger partial charge in [0.2, 0.25) is 0 Å². The Morgan fingerprint density at radius 2 is 2.11 bits per heavy atom. The average Bonchev–Trinajstić information content (AvgIpc) is 1.68. The predicted molar refractivity (Wildman–Crippen MR) is 42.3 cm³/mol. The van der Waals surface area contributed by atoms with Crippen LogP contribution >= 0.6 is 12.4 Å². The summed E-state index contributed by atoms with van der Waals surface area (Å²) in [5.74, 6) is 0. The number of nitrogens with one attached hydrogen (secondary N) is 1. The molecule has 0 aromatic rings. The molecule has 0 aliphatic rings. The summed E-state index contributed by atoms with van der Waals surface area (Å²) >= 11 is 0. The molecule has 0 bridgehead atoms. The van der Waals surface area contributed by atoms with Crippen molar-refractivity contribution < 1.29 is 4.74 Å². The van der Waals surface area contributed by atoms with Gasteiger partial charge in [0.25, 0.3) is 0 Å². The Hall–Kier alpha value is 0.210. The first-order valence-electron chi connectivity index (χ1n) is 3.03. The molecule has 0 aromatic carbocycles. The smallest absolute Gasteiger partial charge is 0.0613 e. The van der Waals surface area contributed by atoms with Crippen LogP contribution in [-0.2, 0) is 4.74 Å². The Labute approximate surface area is 63.4 Å². The van der Waals surface area contributed by atoms with E-state index in [1.807, 2.05) is 0 Å². The summed E-state index contributed by atoms with van der Waals surface area (Å²) in [6.45, 7) is 6.01. The van der Waals surface area contributed by atoms with Gasteiger partial charge in [-0.1, -0.05) is 6.92 Å². The first-order valence-corrected chi connectivity index (χ1v) is 3.03. The number of rotatable bonds is 4. The van der Waals surface area contributed by atoms with Gasteiger partial charge < -0.3 is 10.1 Å². The summed E-state index contributed by atoms with van der Waals surface area (Å²) < 4.78 is 4.89. The number of hydrogen-bond donors (Lipinski definition) is 1. The maximum atomic E-state index is 4.89. The molecule has 0 saturated carbocycles. The van der Waals surface area contributed by atoms with Crippen molar-refractivity contribution in [1.29, 1.82) is 0 Å². The summed E-state index contributed by atoms with van der Waals surface area (Å²) in [7, 11) is 1.72. The highest BCUT2D eigenvalue weighted by Crippen LogP contribution is 1.78. The standard InChI is InChI=1S/C6H15NO.ClH/c1-4-7-6(2)5-8-3;/h6-7H,4-5H2,1-3H3;1H. The van der Waals surface area contributed by atoms with Crippen molar-refractivity contribution in [3.63, 3.8) is 0 Å². The van der Waals surface area contributed by atoms with Crippen molar-refractivity contribution >= 4 is 12.4 Å². The van der Waals surface area contributed by atoms with Crippen molar-refractivity contribution in [3.05, 3.63) is 0 Å². The molecular formula is C6H16ClNO. The Morgan fingerprint density at radius 1 is 1.56 bits per heavy atom. The van der Waals surface area contributed by atoms with Crippen molar-refractivity contribution in [3.8, 4) is 0 Å². The van der Waals surface area contributed by atoms with Crippen LogP contribution in [-0.4, -0.2) is 26.3 Å². The van der Waals surface area contributed by atoms with Gasteiger partial charge in [-0.05, 0) is 13.5 Å². The normalized spacial score (nSPS) is 12.3. The molecule has 0 fully saturated rings. The van der Waals surface area contributed by atoms with Gasteiger partial charge in [0, 0.05) is 13.2 Å². The molecule has 0 spiro atoms. The van der Waals surface area contributed by atoms with Crippen LogP contribution in [0.4, 0.5) is 0 Å². The second-order valence-corrected chi connectivity index (χ2v) is 1.91. The van der Waals surface area contributed by atoms with Gasteiger partial charge in [-0.15, -0.1) is 12.4 Å². The minimum absolute atomic E-state index is 0. The van der Waals surface area contributed by atoms with Crippen LogP contribution in [0, 0.1) is 0 Å². The molecule has 0 amide bonds. The van der Waals surface area contributed by atoms with E-state index < -0.39 is 0 Å². The van der Waals surface area contributed by atoms with Gasteiger partial charge in [0.1, 0.15) is 0 Å². The van der Waals surface area contributed by atoms with Crippen molar-refractivity contribution in [2.45, 2.75) is 19.9 Å². The van der Waals surface area contributed by atoms with E-state index in [2.05, 4.69) is 19.2 Å². The Morgan fingerprint density at radius 3 is 2.44 bits per heavy atom. The largest absolute Gasteiger partial charge is 0.383 e.